The molecule has 4 N–H and O–H groups in total. The molecule has 1 amide bonds. The Labute approximate surface area is 205 Å². The second kappa shape index (κ2) is 10.7. The summed E-state index contributed by atoms with van der Waals surface area (Å²) in [6, 6.07) is 6.94. The number of aliphatic hydroxyl groups is 1. The van der Waals surface area contributed by atoms with Gasteiger partial charge in [-0.25, -0.2) is 9.50 Å². The number of rotatable bonds is 6. The molecule has 0 atom stereocenters. The third-order valence-electron chi connectivity index (χ3n) is 5.16. The van der Waals surface area contributed by atoms with Crippen molar-refractivity contribution in [2.24, 2.45) is 5.92 Å². The SMILES string of the molecule is CC.N=C(Sc1ccc2nc(NC(=O)C3CC3)cn2n1)n1cc(-c2cnn(CCO)c2)ccc1=N. The highest BCUT2D eigenvalue weighted by Gasteiger charge is 2.30. The predicted molar refractivity (Wildman–Crippen MR) is 133 cm³/mol. The lowest BCUT2D eigenvalue weighted by Crippen LogP contribution is -2.23. The number of hydrogen-bond acceptors (Lipinski definition) is 8. The maximum absolute atomic E-state index is 12.0. The number of thioether (sulfide) groups is 1. The first-order valence-corrected chi connectivity index (χ1v) is 12.2. The average Bonchev–Trinajstić information content (AvgIpc) is 3.49. The first-order chi connectivity index (χ1) is 17.0. The van der Waals surface area contributed by atoms with Gasteiger partial charge >= 0.3 is 0 Å². The molecule has 1 saturated carbocycles. The Balaban J connectivity index is 0.00000141. The van der Waals surface area contributed by atoms with Crippen molar-refractivity contribution in [2.45, 2.75) is 38.3 Å². The largest absolute Gasteiger partial charge is 0.394 e. The molecule has 5 rings (SSSR count). The van der Waals surface area contributed by atoms with Crippen LogP contribution in [-0.4, -0.2) is 51.7 Å². The van der Waals surface area contributed by atoms with Gasteiger partial charge < -0.3 is 10.4 Å². The summed E-state index contributed by atoms with van der Waals surface area (Å²) in [4.78, 5) is 16.3. The first-order valence-electron chi connectivity index (χ1n) is 11.4. The molecule has 4 aromatic heterocycles. The Morgan fingerprint density at radius 1 is 1.17 bits per heavy atom. The van der Waals surface area contributed by atoms with E-state index in [1.165, 1.54) is 4.57 Å². The van der Waals surface area contributed by atoms with E-state index in [4.69, 9.17) is 15.9 Å². The molecule has 12 heteroatoms. The first kappa shape index (κ1) is 24.4. The fourth-order valence-corrected chi connectivity index (χ4v) is 3.99. The van der Waals surface area contributed by atoms with Crippen molar-refractivity contribution in [1.29, 1.82) is 10.8 Å². The van der Waals surface area contributed by atoms with Gasteiger partial charge in [0.2, 0.25) is 5.91 Å². The summed E-state index contributed by atoms with van der Waals surface area (Å²) >= 11 is 1.11. The minimum Gasteiger partial charge on any atom is -0.394 e. The van der Waals surface area contributed by atoms with Crippen LogP contribution >= 0.6 is 11.8 Å². The van der Waals surface area contributed by atoms with Crippen LogP contribution < -0.4 is 10.8 Å². The molecule has 1 aliphatic rings. The topological polar surface area (TPSA) is 150 Å². The molecule has 11 nitrogen and oxygen atoms in total. The van der Waals surface area contributed by atoms with Gasteiger partial charge in [-0.15, -0.1) is 0 Å². The summed E-state index contributed by atoms with van der Waals surface area (Å²) in [7, 11) is 0. The fourth-order valence-electron chi connectivity index (χ4n) is 3.28. The Kier molecular flexibility index (Phi) is 7.42. The zero-order chi connectivity index (χ0) is 24.9. The molecule has 0 saturated heterocycles. The lowest BCUT2D eigenvalue weighted by molar-refractivity contribution is -0.117. The number of nitrogens with one attached hydrogen (secondary N) is 3. The summed E-state index contributed by atoms with van der Waals surface area (Å²) in [6.45, 7) is 4.40. The van der Waals surface area contributed by atoms with Crippen LogP contribution in [-0.2, 0) is 11.3 Å². The van der Waals surface area contributed by atoms with E-state index < -0.39 is 0 Å². The van der Waals surface area contributed by atoms with E-state index in [1.807, 2.05) is 20.0 Å². The van der Waals surface area contributed by atoms with Gasteiger partial charge in [0.1, 0.15) is 10.5 Å². The highest BCUT2D eigenvalue weighted by molar-refractivity contribution is 8.13. The molecule has 182 valence electrons. The van der Waals surface area contributed by atoms with Crippen LogP contribution in [0.1, 0.15) is 26.7 Å². The molecule has 0 aromatic carbocycles. The summed E-state index contributed by atoms with van der Waals surface area (Å²) in [6.07, 6.45) is 8.69. The number of amides is 1. The minimum atomic E-state index is -0.0176. The van der Waals surface area contributed by atoms with E-state index in [2.05, 4.69) is 20.5 Å². The summed E-state index contributed by atoms with van der Waals surface area (Å²) in [5.74, 6) is 0.523. The van der Waals surface area contributed by atoms with Gasteiger partial charge in [0.15, 0.2) is 16.6 Å². The van der Waals surface area contributed by atoms with Crippen molar-refractivity contribution >= 4 is 34.3 Å². The molecule has 0 aliphatic heterocycles. The third-order valence-corrected chi connectivity index (χ3v) is 5.98. The van der Waals surface area contributed by atoms with Crippen molar-refractivity contribution in [3.8, 4) is 11.1 Å². The lowest BCUT2D eigenvalue weighted by atomic mass is 10.2. The Morgan fingerprint density at radius 3 is 2.71 bits per heavy atom. The van der Waals surface area contributed by atoms with Gasteiger partial charge in [-0.3, -0.25) is 24.9 Å². The molecule has 0 bridgehead atoms. The predicted octanol–water partition coefficient (Wildman–Crippen LogP) is 2.82. The smallest absolute Gasteiger partial charge is 0.228 e. The second-order valence-electron chi connectivity index (χ2n) is 7.66. The molecule has 0 unspecified atom stereocenters. The van der Waals surface area contributed by atoms with E-state index in [9.17, 15) is 4.79 Å². The fraction of sp³-hybridized carbons (Fsp3) is 0.304. The Bertz CT molecular complexity index is 1420. The van der Waals surface area contributed by atoms with E-state index in [-0.39, 0.29) is 29.1 Å². The number of nitrogens with zero attached hydrogens (tertiary/aromatic N) is 6. The Morgan fingerprint density at radius 2 is 1.97 bits per heavy atom. The molecule has 35 heavy (non-hydrogen) atoms. The lowest BCUT2D eigenvalue weighted by Gasteiger charge is -2.09. The second-order valence-corrected chi connectivity index (χ2v) is 8.67. The van der Waals surface area contributed by atoms with Crippen molar-refractivity contribution in [1.82, 2.24) is 28.9 Å². The number of aromatic nitrogens is 6. The monoisotopic (exact) mass is 493 g/mol. The van der Waals surface area contributed by atoms with Crippen molar-refractivity contribution in [3.63, 3.8) is 0 Å². The number of hydrogen-bond donors (Lipinski definition) is 4. The molecular formula is C23H27N9O2S. The number of fused-ring (bicyclic) bond motifs is 1. The van der Waals surface area contributed by atoms with Crippen LogP contribution in [0.2, 0.25) is 0 Å². The average molecular weight is 494 g/mol. The minimum absolute atomic E-state index is 0.00327. The van der Waals surface area contributed by atoms with Gasteiger partial charge in [0.05, 0.1) is 25.5 Å². The number of carbonyl (C=O) groups excluding carboxylic acids is 1. The number of anilines is 1. The van der Waals surface area contributed by atoms with E-state index in [1.54, 1.807) is 52.1 Å². The molecule has 1 aliphatic carbocycles. The number of carbonyl (C=O) groups is 1. The van der Waals surface area contributed by atoms with Gasteiger partial charge in [0.25, 0.3) is 0 Å². The molecule has 4 aromatic rings. The van der Waals surface area contributed by atoms with E-state index in [0.717, 1.165) is 35.7 Å². The van der Waals surface area contributed by atoms with Crippen molar-refractivity contribution in [3.05, 3.63) is 54.5 Å². The highest BCUT2D eigenvalue weighted by atomic mass is 32.2. The maximum atomic E-state index is 12.0. The van der Waals surface area contributed by atoms with Crippen LogP contribution in [0.15, 0.2) is 54.1 Å². The highest BCUT2D eigenvalue weighted by Crippen LogP contribution is 2.30. The van der Waals surface area contributed by atoms with Crippen molar-refractivity contribution in [2.75, 3.05) is 11.9 Å². The Hall–Kier alpha value is -3.77. The van der Waals surface area contributed by atoms with Crippen LogP contribution in [0.3, 0.4) is 0 Å². The van der Waals surface area contributed by atoms with Crippen LogP contribution in [0.25, 0.3) is 16.8 Å². The summed E-state index contributed by atoms with van der Waals surface area (Å²) < 4.78 is 4.67. The van der Waals surface area contributed by atoms with Crippen molar-refractivity contribution < 1.29 is 9.90 Å². The van der Waals surface area contributed by atoms with Gasteiger partial charge in [-0.2, -0.15) is 10.2 Å². The van der Waals surface area contributed by atoms with Gasteiger partial charge in [0, 0.05) is 29.4 Å². The van der Waals surface area contributed by atoms with E-state index >= 15 is 0 Å². The summed E-state index contributed by atoms with van der Waals surface area (Å²) in [5, 5.41) is 38.0. The molecule has 0 spiro atoms. The molecular weight excluding hydrogens is 466 g/mol. The quantitative estimate of drug-likeness (QED) is 0.184. The standard InChI is InChI=1S/C21H21N9O2S.C2H6/c22-16-4-3-14(15-9-24-28(10-15)7-8-31)11-29(16)21(23)33-19-6-5-18-25-17(12-30(18)27-19)26-20(32)13-1-2-13;1-2/h3-6,9-13,22-23,31H,1-2,7-8H2,(H,26,32);1-2H3. The zero-order valence-corrected chi connectivity index (χ0v) is 20.3. The third kappa shape index (κ3) is 5.66. The summed E-state index contributed by atoms with van der Waals surface area (Å²) in [5.41, 5.74) is 2.38. The van der Waals surface area contributed by atoms with Crippen LogP contribution in [0.5, 0.6) is 0 Å². The molecule has 0 radical (unpaired) electrons. The van der Waals surface area contributed by atoms with Crippen LogP contribution in [0.4, 0.5) is 5.82 Å². The van der Waals surface area contributed by atoms with E-state index in [0.29, 0.717) is 23.0 Å². The van der Waals surface area contributed by atoms with Gasteiger partial charge in [-0.1, -0.05) is 13.8 Å². The zero-order valence-electron chi connectivity index (χ0n) is 19.5. The number of pyridine rings is 1. The molecule has 4 heterocycles. The van der Waals surface area contributed by atoms with Gasteiger partial charge in [-0.05, 0) is 48.9 Å². The number of imidazole rings is 1. The van der Waals surface area contributed by atoms with Crippen LogP contribution in [0, 0.1) is 16.7 Å². The number of aliphatic hydroxyl groups excluding tert-OH is 1. The normalized spacial score (nSPS) is 12.8. The maximum Gasteiger partial charge on any atom is 0.228 e. The molecule has 1 fully saturated rings.